The van der Waals surface area contributed by atoms with Crippen LogP contribution < -0.4 is 0 Å². The second-order valence-corrected chi connectivity index (χ2v) is 7.66. The monoisotopic (exact) mass is 397 g/mol. The van der Waals surface area contributed by atoms with Gasteiger partial charge in [0.25, 0.3) is 0 Å². The third-order valence-corrected chi connectivity index (χ3v) is 5.78. The van der Waals surface area contributed by atoms with E-state index in [0.29, 0.717) is 0 Å². The Morgan fingerprint density at radius 2 is 1.10 bits per heavy atom. The third kappa shape index (κ3) is 3.01. The normalized spacial score (nSPS) is 11.2. The predicted octanol–water partition coefficient (Wildman–Crippen LogP) is 7.98. The van der Waals surface area contributed by atoms with E-state index in [4.69, 9.17) is 4.42 Å². The van der Waals surface area contributed by atoms with E-state index in [9.17, 15) is 0 Å². The minimum Gasteiger partial charge on any atom is -0.455 e. The zero-order valence-electron chi connectivity index (χ0n) is 16.8. The van der Waals surface area contributed by atoms with Crippen LogP contribution in [0.2, 0.25) is 0 Å². The summed E-state index contributed by atoms with van der Waals surface area (Å²) >= 11 is 0. The minimum atomic E-state index is 0.921. The van der Waals surface area contributed by atoms with Gasteiger partial charge in [-0.3, -0.25) is 4.98 Å². The van der Waals surface area contributed by atoms with E-state index in [-0.39, 0.29) is 0 Å². The van der Waals surface area contributed by atoms with Crippen LogP contribution in [0.1, 0.15) is 0 Å². The predicted molar refractivity (Wildman–Crippen MR) is 128 cm³/mol. The van der Waals surface area contributed by atoms with E-state index in [1.165, 1.54) is 0 Å². The number of hydrogen-bond acceptors (Lipinski definition) is 2. The zero-order valence-corrected chi connectivity index (χ0v) is 16.8. The molecule has 2 nitrogen and oxygen atoms in total. The van der Waals surface area contributed by atoms with Crippen LogP contribution in [0, 0.1) is 0 Å². The van der Waals surface area contributed by atoms with Crippen molar-refractivity contribution in [1.29, 1.82) is 0 Å². The molecule has 0 amide bonds. The first-order valence-corrected chi connectivity index (χ1v) is 10.4. The van der Waals surface area contributed by atoms with Crippen LogP contribution in [0.15, 0.2) is 120 Å². The molecule has 6 rings (SSSR count). The standard InChI is InChI=1S/C29H19NO/c1-2-8-20(9-3-1)24-13-5-15-26-27-16-6-14-25(29(27)31-28(24)26)22-11-4-10-21(18-22)23-12-7-17-30-19-23/h1-19H. The minimum absolute atomic E-state index is 0.921. The van der Waals surface area contributed by atoms with Crippen molar-refractivity contribution in [3.63, 3.8) is 0 Å². The number of para-hydroxylation sites is 2. The molecule has 0 aliphatic carbocycles. The number of fused-ring (bicyclic) bond motifs is 3. The maximum Gasteiger partial charge on any atom is 0.143 e. The van der Waals surface area contributed by atoms with Crippen LogP contribution >= 0.6 is 0 Å². The molecule has 4 aromatic carbocycles. The summed E-state index contributed by atoms with van der Waals surface area (Å²) < 4.78 is 6.56. The third-order valence-electron chi connectivity index (χ3n) is 5.78. The van der Waals surface area contributed by atoms with Gasteiger partial charge in [0.1, 0.15) is 11.2 Å². The molecule has 2 heteroatoms. The van der Waals surface area contributed by atoms with Gasteiger partial charge in [-0.05, 0) is 28.8 Å². The van der Waals surface area contributed by atoms with Crippen molar-refractivity contribution in [3.8, 4) is 33.4 Å². The molecule has 0 radical (unpaired) electrons. The van der Waals surface area contributed by atoms with Gasteiger partial charge >= 0.3 is 0 Å². The molecule has 0 atom stereocenters. The summed E-state index contributed by atoms with van der Waals surface area (Å²) in [4.78, 5) is 4.26. The lowest BCUT2D eigenvalue weighted by molar-refractivity contribution is 0.671. The summed E-state index contributed by atoms with van der Waals surface area (Å²) in [5, 5.41) is 2.28. The molecule has 6 aromatic rings. The van der Waals surface area contributed by atoms with Gasteiger partial charge < -0.3 is 4.42 Å². The van der Waals surface area contributed by atoms with Gasteiger partial charge in [-0.25, -0.2) is 0 Å². The Kier molecular flexibility index (Phi) is 4.14. The number of nitrogens with zero attached hydrogens (tertiary/aromatic N) is 1. The largest absolute Gasteiger partial charge is 0.455 e. The van der Waals surface area contributed by atoms with Crippen LogP contribution in [0.25, 0.3) is 55.3 Å². The van der Waals surface area contributed by atoms with Crippen molar-refractivity contribution in [2.45, 2.75) is 0 Å². The molecule has 0 unspecified atom stereocenters. The quantitative estimate of drug-likeness (QED) is 0.302. The number of benzene rings is 4. The van der Waals surface area contributed by atoms with Gasteiger partial charge in [0.15, 0.2) is 0 Å². The number of furan rings is 1. The number of rotatable bonds is 3. The summed E-state index contributed by atoms with van der Waals surface area (Å²) in [5.74, 6) is 0. The van der Waals surface area contributed by atoms with Gasteiger partial charge in [0.2, 0.25) is 0 Å². The Morgan fingerprint density at radius 3 is 1.81 bits per heavy atom. The van der Waals surface area contributed by atoms with Crippen molar-refractivity contribution in [2.75, 3.05) is 0 Å². The number of aromatic nitrogens is 1. The second kappa shape index (κ2) is 7.26. The summed E-state index contributed by atoms with van der Waals surface area (Å²) in [6, 6.07) is 35.8. The zero-order chi connectivity index (χ0) is 20.6. The Hall–Kier alpha value is -4.17. The lowest BCUT2D eigenvalue weighted by atomic mass is 9.98. The molecule has 0 saturated carbocycles. The Bertz CT molecular complexity index is 1510. The molecule has 0 N–H and O–H groups in total. The summed E-state index contributed by atoms with van der Waals surface area (Å²) in [6.07, 6.45) is 3.69. The van der Waals surface area contributed by atoms with Crippen molar-refractivity contribution in [1.82, 2.24) is 4.98 Å². The van der Waals surface area contributed by atoms with E-state index < -0.39 is 0 Å². The highest BCUT2D eigenvalue weighted by atomic mass is 16.3. The molecule has 0 fully saturated rings. The molecule has 146 valence electrons. The van der Waals surface area contributed by atoms with Gasteiger partial charge in [0.05, 0.1) is 0 Å². The fraction of sp³-hybridized carbons (Fsp3) is 0. The van der Waals surface area contributed by atoms with Crippen LogP contribution in [-0.2, 0) is 0 Å². The highest BCUT2D eigenvalue weighted by Gasteiger charge is 2.15. The van der Waals surface area contributed by atoms with Crippen molar-refractivity contribution >= 4 is 21.9 Å². The van der Waals surface area contributed by atoms with Gasteiger partial charge in [0, 0.05) is 39.9 Å². The highest BCUT2D eigenvalue weighted by molar-refractivity contribution is 6.13. The average molecular weight is 397 g/mol. The van der Waals surface area contributed by atoms with Crippen LogP contribution in [-0.4, -0.2) is 4.98 Å². The Morgan fingerprint density at radius 1 is 0.484 bits per heavy atom. The molecule has 0 bridgehead atoms. The maximum atomic E-state index is 6.56. The first-order chi connectivity index (χ1) is 15.4. The lowest BCUT2D eigenvalue weighted by Crippen LogP contribution is -1.83. The molecule has 31 heavy (non-hydrogen) atoms. The molecular weight excluding hydrogens is 378 g/mol. The molecule has 0 saturated heterocycles. The van der Waals surface area contributed by atoms with Crippen LogP contribution in [0.4, 0.5) is 0 Å². The van der Waals surface area contributed by atoms with Crippen molar-refractivity contribution in [2.24, 2.45) is 0 Å². The molecule has 0 aliphatic heterocycles. The van der Waals surface area contributed by atoms with E-state index >= 15 is 0 Å². The molecule has 2 aromatic heterocycles. The van der Waals surface area contributed by atoms with Crippen LogP contribution in [0.3, 0.4) is 0 Å². The topological polar surface area (TPSA) is 26.0 Å². The van der Waals surface area contributed by atoms with Gasteiger partial charge in [-0.15, -0.1) is 0 Å². The summed E-state index contributed by atoms with van der Waals surface area (Å²) in [7, 11) is 0. The van der Waals surface area contributed by atoms with Crippen molar-refractivity contribution < 1.29 is 4.42 Å². The Labute approximate surface area is 180 Å². The first-order valence-electron chi connectivity index (χ1n) is 10.4. The van der Waals surface area contributed by atoms with E-state index in [1.54, 1.807) is 6.20 Å². The fourth-order valence-electron chi connectivity index (χ4n) is 4.29. The Balaban J connectivity index is 1.58. The molecule has 2 heterocycles. The molecular formula is C29H19NO. The first kappa shape index (κ1) is 17.7. The highest BCUT2D eigenvalue weighted by Crippen LogP contribution is 2.40. The molecule has 0 spiro atoms. The average Bonchev–Trinajstić information content (AvgIpc) is 3.24. The smallest absolute Gasteiger partial charge is 0.143 e. The number of pyridine rings is 1. The SMILES string of the molecule is c1ccc(-c2cccc3c2oc2c(-c4cccc(-c5cccnc5)c4)cccc23)cc1. The van der Waals surface area contributed by atoms with Gasteiger partial charge in [-0.1, -0.05) is 91.0 Å². The summed E-state index contributed by atoms with van der Waals surface area (Å²) in [6.45, 7) is 0. The van der Waals surface area contributed by atoms with Gasteiger partial charge in [-0.2, -0.15) is 0 Å². The summed E-state index contributed by atoms with van der Waals surface area (Å²) in [5.41, 5.74) is 8.60. The lowest BCUT2D eigenvalue weighted by Gasteiger charge is -2.06. The van der Waals surface area contributed by atoms with Crippen LogP contribution in [0.5, 0.6) is 0 Å². The van der Waals surface area contributed by atoms with E-state index in [2.05, 4.69) is 96.0 Å². The number of hydrogen-bond donors (Lipinski definition) is 0. The molecule has 0 aliphatic rings. The van der Waals surface area contributed by atoms with Crippen molar-refractivity contribution in [3.05, 3.63) is 116 Å². The van der Waals surface area contributed by atoms with E-state index in [0.717, 1.165) is 55.3 Å². The van der Waals surface area contributed by atoms with E-state index in [1.807, 2.05) is 18.3 Å². The fourth-order valence-corrected chi connectivity index (χ4v) is 4.29. The second-order valence-electron chi connectivity index (χ2n) is 7.66. The maximum absolute atomic E-state index is 6.56.